The lowest BCUT2D eigenvalue weighted by Crippen LogP contribution is -2.41. The average molecular weight is 403 g/mol. The predicted octanol–water partition coefficient (Wildman–Crippen LogP) is 3.04. The molecule has 0 saturated carbocycles. The highest BCUT2D eigenvalue weighted by Gasteiger charge is 2.29. The van der Waals surface area contributed by atoms with E-state index in [-0.39, 0.29) is 5.92 Å². The Bertz CT molecular complexity index is 1030. The van der Waals surface area contributed by atoms with Crippen molar-refractivity contribution in [3.63, 3.8) is 0 Å². The van der Waals surface area contributed by atoms with Gasteiger partial charge in [0.15, 0.2) is 17.5 Å². The smallest absolute Gasteiger partial charge is 0.256 e. The number of carbonyl (C=O) groups is 1. The molecule has 1 saturated heterocycles. The molecule has 29 heavy (non-hydrogen) atoms. The Hall–Kier alpha value is -3.30. The van der Waals surface area contributed by atoms with Gasteiger partial charge in [-0.2, -0.15) is 4.98 Å². The van der Waals surface area contributed by atoms with Gasteiger partial charge >= 0.3 is 0 Å². The van der Waals surface area contributed by atoms with Crippen LogP contribution >= 0.6 is 0 Å². The molecule has 0 radical (unpaired) electrons. The molecule has 1 aliphatic rings. The minimum Gasteiger partial charge on any atom is -0.339 e. The second kappa shape index (κ2) is 7.98. The van der Waals surface area contributed by atoms with E-state index in [1.807, 2.05) is 0 Å². The first-order valence-electron chi connectivity index (χ1n) is 9.04. The zero-order chi connectivity index (χ0) is 20.4. The standard InChI is InChI=1S/C19H16F3N5O2/c20-13-4-3-12(16(21)17(13)22)19(28)27-7-1-2-11(10-27)8-15-25-18(26-29-15)14-9-23-5-6-24-14/h3-6,9,11H,1-2,7-8,10H2. The largest absolute Gasteiger partial charge is 0.339 e. The van der Waals surface area contributed by atoms with Crippen molar-refractivity contribution in [2.45, 2.75) is 19.3 Å². The van der Waals surface area contributed by atoms with Crippen LogP contribution in [0.25, 0.3) is 11.5 Å². The summed E-state index contributed by atoms with van der Waals surface area (Å²) in [6.07, 6.45) is 6.50. The maximum Gasteiger partial charge on any atom is 0.256 e. The molecular weight excluding hydrogens is 387 g/mol. The second-order valence-corrected chi connectivity index (χ2v) is 6.79. The van der Waals surface area contributed by atoms with Crippen molar-refractivity contribution < 1.29 is 22.5 Å². The molecule has 150 valence electrons. The van der Waals surface area contributed by atoms with Gasteiger partial charge < -0.3 is 9.42 Å². The molecule has 2 aromatic heterocycles. The molecule has 3 heterocycles. The summed E-state index contributed by atoms with van der Waals surface area (Å²) in [5, 5.41) is 3.89. The maximum atomic E-state index is 14.0. The number of hydrogen-bond donors (Lipinski definition) is 0. The van der Waals surface area contributed by atoms with E-state index in [2.05, 4.69) is 20.1 Å². The number of halogens is 3. The highest BCUT2D eigenvalue weighted by Crippen LogP contribution is 2.24. The summed E-state index contributed by atoms with van der Waals surface area (Å²) in [5.41, 5.74) is 0.00374. The fraction of sp³-hybridized carbons (Fsp3) is 0.316. The number of aromatic nitrogens is 4. The highest BCUT2D eigenvalue weighted by atomic mass is 19.2. The lowest BCUT2D eigenvalue weighted by atomic mass is 9.94. The van der Waals surface area contributed by atoms with E-state index in [0.717, 1.165) is 18.6 Å². The molecule has 0 bridgehead atoms. The number of likely N-dealkylation sites (tertiary alicyclic amines) is 1. The zero-order valence-corrected chi connectivity index (χ0v) is 15.2. The van der Waals surface area contributed by atoms with Crippen LogP contribution in [-0.2, 0) is 6.42 Å². The second-order valence-electron chi connectivity index (χ2n) is 6.79. The number of benzene rings is 1. The third-order valence-electron chi connectivity index (χ3n) is 4.80. The van der Waals surface area contributed by atoms with Gasteiger partial charge in [-0.05, 0) is 30.9 Å². The highest BCUT2D eigenvalue weighted by molar-refractivity contribution is 5.94. The number of hydrogen-bond acceptors (Lipinski definition) is 6. The lowest BCUT2D eigenvalue weighted by molar-refractivity contribution is 0.0662. The SMILES string of the molecule is O=C(c1ccc(F)c(F)c1F)N1CCCC(Cc2nc(-c3cnccn3)no2)C1. The van der Waals surface area contributed by atoms with E-state index >= 15 is 0 Å². The number of nitrogens with zero attached hydrogens (tertiary/aromatic N) is 5. The van der Waals surface area contributed by atoms with E-state index in [1.54, 1.807) is 0 Å². The van der Waals surface area contributed by atoms with Gasteiger partial charge in [0.2, 0.25) is 11.7 Å². The summed E-state index contributed by atoms with van der Waals surface area (Å²) >= 11 is 0. The molecule has 0 N–H and O–H groups in total. The minimum absolute atomic E-state index is 0.0104. The van der Waals surface area contributed by atoms with Crippen molar-refractivity contribution in [3.8, 4) is 11.5 Å². The van der Waals surface area contributed by atoms with E-state index in [4.69, 9.17) is 4.52 Å². The Morgan fingerprint density at radius 2 is 2.07 bits per heavy atom. The number of amides is 1. The molecule has 10 heteroatoms. The Kier molecular flexibility index (Phi) is 5.24. The van der Waals surface area contributed by atoms with Crippen LogP contribution in [0, 0.1) is 23.4 Å². The van der Waals surface area contributed by atoms with Crippen LogP contribution in [0.15, 0.2) is 35.2 Å². The third kappa shape index (κ3) is 3.96. The van der Waals surface area contributed by atoms with E-state index in [1.165, 1.54) is 23.5 Å². The summed E-state index contributed by atoms with van der Waals surface area (Å²) in [6, 6.07) is 1.71. The third-order valence-corrected chi connectivity index (χ3v) is 4.80. The summed E-state index contributed by atoms with van der Waals surface area (Å²) in [7, 11) is 0. The fourth-order valence-electron chi connectivity index (χ4n) is 3.38. The van der Waals surface area contributed by atoms with Crippen molar-refractivity contribution in [2.75, 3.05) is 13.1 Å². The van der Waals surface area contributed by atoms with Gasteiger partial charge in [0, 0.05) is 31.9 Å². The van der Waals surface area contributed by atoms with Crippen LogP contribution in [0.1, 0.15) is 29.1 Å². The molecule has 3 aromatic rings. The van der Waals surface area contributed by atoms with Gasteiger partial charge in [0.25, 0.3) is 5.91 Å². The molecule has 1 unspecified atom stereocenters. The number of piperidine rings is 1. The van der Waals surface area contributed by atoms with Crippen LogP contribution in [0.5, 0.6) is 0 Å². The van der Waals surface area contributed by atoms with Gasteiger partial charge in [-0.3, -0.25) is 9.78 Å². The van der Waals surface area contributed by atoms with Gasteiger partial charge in [-0.15, -0.1) is 0 Å². The maximum absolute atomic E-state index is 14.0. The zero-order valence-electron chi connectivity index (χ0n) is 15.2. The molecule has 1 aliphatic heterocycles. The van der Waals surface area contributed by atoms with E-state index in [0.29, 0.717) is 43.3 Å². The summed E-state index contributed by atoms with van der Waals surface area (Å²) < 4.78 is 45.8. The molecular formula is C19H16F3N5O2. The van der Waals surface area contributed by atoms with Gasteiger partial charge in [-0.1, -0.05) is 5.16 Å². The summed E-state index contributed by atoms with van der Waals surface area (Å²) in [4.78, 5) is 26.4. The van der Waals surface area contributed by atoms with Crippen molar-refractivity contribution >= 4 is 5.91 Å². The first-order chi connectivity index (χ1) is 14.0. The van der Waals surface area contributed by atoms with Crippen LogP contribution in [0.2, 0.25) is 0 Å². The molecule has 1 amide bonds. The monoisotopic (exact) mass is 403 g/mol. The van der Waals surface area contributed by atoms with Gasteiger partial charge in [0.1, 0.15) is 5.69 Å². The first-order valence-corrected chi connectivity index (χ1v) is 9.04. The van der Waals surface area contributed by atoms with Gasteiger partial charge in [-0.25, -0.2) is 18.2 Å². The molecule has 1 aromatic carbocycles. The molecule has 0 aliphatic carbocycles. The predicted molar refractivity (Wildman–Crippen MR) is 94.0 cm³/mol. The lowest BCUT2D eigenvalue weighted by Gasteiger charge is -2.32. The van der Waals surface area contributed by atoms with Gasteiger partial charge in [0.05, 0.1) is 11.8 Å². The summed E-state index contributed by atoms with van der Waals surface area (Å²) in [6.45, 7) is 0.725. The van der Waals surface area contributed by atoms with Crippen molar-refractivity contribution in [3.05, 3.63) is 59.6 Å². The summed E-state index contributed by atoms with van der Waals surface area (Å²) in [5.74, 6) is -4.39. The first kappa shape index (κ1) is 19.0. The Morgan fingerprint density at radius 3 is 2.86 bits per heavy atom. The van der Waals surface area contributed by atoms with Crippen LogP contribution < -0.4 is 0 Å². The van der Waals surface area contributed by atoms with Crippen LogP contribution in [0.3, 0.4) is 0 Å². The fourth-order valence-corrected chi connectivity index (χ4v) is 3.38. The Morgan fingerprint density at radius 1 is 1.21 bits per heavy atom. The van der Waals surface area contributed by atoms with Crippen molar-refractivity contribution in [1.82, 2.24) is 25.0 Å². The van der Waals surface area contributed by atoms with Crippen molar-refractivity contribution in [1.29, 1.82) is 0 Å². The Balaban J connectivity index is 1.44. The quantitative estimate of drug-likeness (QED) is 0.623. The topological polar surface area (TPSA) is 85.0 Å². The number of carbonyl (C=O) groups excluding carboxylic acids is 1. The van der Waals surface area contributed by atoms with Crippen LogP contribution in [0.4, 0.5) is 13.2 Å². The number of rotatable bonds is 4. The average Bonchev–Trinajstić information content (AvgIpc) is 3.21. The molecule has 1 fully saturated rings. The molecule has 7 nitrogen and oxygen atoms in total. The molecule has 1 atom stereocenters. The van der Waals surface area contributed by atoms with Crippen molar-refractivity contribution in [2.24, 2.45) is 5.92 Å². The molecule has 0 spiro atoms. The Labute approximate surface area is 163 Å². The van der Waals surface area contributed by atoms with Crippen LogP contribution in [-0.4, -0.2) is 44.0 Å². The van der Waals surface area contributed by atoms with E-state index < -0.39 is 28.9 Å². The minimum atomic E-state index is -1.65. The van der Waals surface area contributed by atoms with E-state index in [9.17, 15) is 18.0 Å². The molecule has 4 rings (SSSR count). The normalized spacial score (nSPS) is 16.8.